The van der Waals surface area contributed by atoms with E-state index in [4.69, 9.17) is 0 Å². The van der Waals surface area contributed by atoms with Gasteiger partial charge in [0.1, 0.15) is 0 Å². The van der Waals surface area contributed by atoms with Crippen LogP contribution in [0.5, 0.6) is 0 Å². The van der Waals surface area contributed by atoms with E-state index in [2.05, 4.69) is 50.4 Å². The predicted molar refractivity (Wildman–Crippen MR) is 55.1 cm³/mol. The van der Waals surface area contributed by atoms with Crippen molar-refractivity contribution in [2.45, 2.75) is 34.6 Å². The average molecular weight is 350 g/mol. The van der Waals surface area contributed by atoms with E-state index in [-0.39, 0.29) is 5.41 Å². The quantitative estimate of drug-likeness (QED) is 0.768. The second kappa shape index (κ2) is 5.10. The molecule has 0 rings (SSSR count). The van der Waals surface area contributed by atoms with Crippen molar-refractivity contribution in [1.29, 1.82) is 0 Å². The van der Waals surface area contributed by atoms with Crippen LogP contribution in [0.25, 0.3) is 0 Å². The third-order valence-electron chi connectivity index (χ3n) is 1.48. The zero-order chi connectivity index (χ0) is 10.5. The minimum atomic E-state index is 0.151. The molecule has 0 heterocycles. The maximum absolute atomic E-state index is 3.28. The van der Waals surface area contributed by atoms with Gasteiger partial charge in [-0.15, -0.1) is 0 Å². The molecule has 0 fully saturated rings. The van der Waals surface area contributed by atoms with Gasteiger partial charge in [-0.25, -0.2) is 0 Å². The second-order valence-electron chi connectivity index (χ2n) is 5.03. The minimum absolute atomic E-state index is 0.151. The van der Waals surface area contributed by atoms with Crippen LogP contribution in [0.4, 0.5) is 0 Å². The van der Waals surface area contributed by atoms with Crippen molar-refractivity contribution < 1.29 is 19.4 Å². The Morgan fingerprint density at radius 2 is 1.77 bits per heavy atom. The number of nitrogens with one attached hydrogen (secondary N) is 1. The molecule has 0 bridgehead atoms. The summed E-state index contributed by atoms with van der Waals surface area (Å²) in [4.78, 5) is 0. The predicted octanol–water partition coefficient (Wildman–Crippen LogP) is 2.31. The fraction of sp³-hybridized carbons (Fsp3) is 0.727. The van der Waals surface area contributed by atoms with Crippen molar-refractivity contribution in [2.75, 3.05) is 6.54 Å². The third-order valence-corrected chi connectivity index (χ3v) is 3.78. The zero-order valence-corrected chi connectivity index (χ0v) is 12.2. The van der Waals surface area contributed by atoms with Gasteiger partial charge >= 0.3 is 93.3 Å². The van der Waals surface area contributed by atoms with Gasteiger partial charge < -0.3 is 0 Å². The summed E-state index contributed by atoms with van der Waals surface area (Å²) in [5.74, 6) is 0. The van der Waals surface area contributed by atoms with Gasteiger partial charge in [-0.1, -0.05) is 0 Å². The van der Waals surface area contributed by atoms with E-state index in [1.165, 1.54) is 19.4 Å². The van der Waals surface area contributed by atoms with Crippen molar-refractivity contribution in [2.24, 2.45) is 10.8 Å². The van der Waals surface area contributed by atoms with Crippen LogP contribution >= 0.6 is 0 Å². The zero-order valence-electron chi connectivity index (χ0n) is 9.27. The molecular formula is C11H20NW-. The molecule has 0 aromatic rings. The molecule has 1 nitrogen and oxygen atoms in total. The summed E-state index contributed by atoms with van der Waals surface area (Å²) < 4.78 is 2.30. The Bertz CT molecular complexity index is 187. The van der Waals surface area contributed by atoms with Crippen LogP contribution in [-0.4, -0.2) is 10.9 Å². The van der Waals surface area contributed by atoms with E-state index in [1.807, 2.05) is 6.20 Å². The molecule has 0 atom stereocenters. The third kappa shape index (κ3) is 8.43. The molecule has 76 valence electrons. The van der Waals surface area contributed by atoms with Crippen LogP contribution in [0.2, 0.25) is 0 Å². The number of hydrogen-bond acceptors (Lipinski definition) is 1. The first kappa shape index (κ1) is 13.1. The number of allylic oxidation sites excluding steroid dienone is 1. The van der Waals surface area contributed by atoms with Crippen LogP contribution in [0.15, 0.2) is 6.20 Å². The summed E-state index contributed by atoms with van der Waals surface area (Å²) in [7, 11) is 0. The van der Waals surface area contributed by atoms with Crippen LogP contribution in [0.3, 0.4) is 0 Å². The molecule has 13 heavy (non-hydrogen) atoms. The van der Waals surface area contributed by atoms with Crippen LogP contribution in [0, 0.1) is 16.9 Å². The Labute approximate surface area is 93.4 Å². The molecule has 0 amide bonds. The molecule has 1 N–H and O–H groups in total. The van der Waals surface area contributed by atoms with Crippen molar-refractivity contribution >= 4 is 4.40 Å². The summed E-state index contributed by atoms with van der Waals surface area (Å²) in [6, 6.07) is 0. The Morgan fingerprint density at radius 3 is 2.15 bits per heavy atom. The standard InChI is InChI=1S/C11H20N.W/c1-10(2,3)7-8-12-9-11(4,5)6;/h4,8,12H,9H2,1-3,5-6H3;/q-1;. The maximum atomic E-state index is 3.28. The summed E-state index contributed by atoms with van der Waals surface area (Å²) in [6.45, 7) is 11.9. The van der Waals surface area contributed by atoms with E-state index in [0.29, 0.717) is 5.41 Å². The van der Waals surface area contributed by atoms with Crippen molar-refractivity contribution in [1.82, 2.24) is 5.32 Å². The fourth-order valence-corrected chi connectivity index (χ4v) is 0.923. The monoisotopic (exact) mass is 350 g/mol. The topological polar surface area (TPSA) is 12.0 Å². The molecule has 0 aliphatic carbocycles. The van der Waals surface area contributed by atoms with E-state index in [1.54, 1.807) is 0 Å². The first-order valence-corrected chi connectivity index (χ1v) is 6.25. The van der Waals surface area contributed by atoms with Gasteiger partial charge in [0.15, 0.2) is 0 Å². The van der Waals surface area contributed by atoms with E-state index in [9.17, 15) is 0 Å². The molecule has 0 aromatic heterocycles. The Kier molecular flexibility index (Phi) is 5.14. The van der Waals surface area contributed by atoms with Gasteiger partial charge in [-0.2, -0.15) is 0 Å². The van der Waals surface area contributed by atoms with Gasteiger partial charge in [0.25, 0.3) is 0 Å². The van der Waals surface area contributed by atoms with Gasteiger partial charge in [0.05, 0.1) is 0 Å². The van der Waals surface area contributed by atoms with E-state index >= 15 is 0 Å². The van der Waals surface area contributed by atoms with E-state index in [0.717, 1.165) is 6.54 Å². The average Bonchev–Trinajstić information content (AvgIpc) is 1.97. The van der Waals surface area contributed by atoms with Crippen LogP contribution in [0.1, 0.15) is 34.6 Å². The van der Waals surface area contributed by atoms with Gasteiger partial charge in [0, 0.05) is 0 Å². The van der Waals surface area contributed by atoms with E-state index < -0.39 is 0 Å². The molecule has 2 heteroatoms. The van der Waals surface area contributed by atoms with Gasteiger partial charge in [-0.05, 0) is 0 Å². The van der Waals surface area contributed by atoms with Crippen LogP contribution < -0.4 is 5.32 Å². The molecule has 0 spiro atoms. The molecule has 0 saturated heterocycles. The summed E-state index contributed by atoms with van der Waals surface area (Å²) in [5, 5.41) is 3.28. The fourth-order valence-electron chi connectivity index (χ4n) is 0.623. The van der Waals surface area contributed by atoms with Crippen molar-refractivity contribution in [3.8, 4) is 0 Å². The molecule has 0 unspecified atom stereocenters. The Balaban J connectivity index is 3.81. The van der Waals surface area contributed by atoms with Gasteiger partial charge in [0.2, 0.25) is 0 Å². The summed E-state index contributed by atoms with van der Waals surface area (Å²) >= 11 is 1.53. The molecule has 0 aliphatic rings. The Hall–Kier alpha value is 0.0983. The Morgan fingerprint density at radius 1 is 1.23 bits per heavy atom. The number of hydrogen-bond donors (Lipinski definition) is 1. The first-order chi connectivity index (χ1) is 5.77. The van der Waals surface area contributed by atoms with Gasteiger partial charge in [-0.3, -0.25) is 0 Å². The molecule has 0 aliphatic heterocycles. The SMILES string of the molecule is CC(C)(C)[C-]=CNCC(C)(C)[CH]=[W]. The molecule has 0 aromatic carbocycles. The summed E-state index contributed by atoms with van der Waals surface area (Å²) in [5.41, 5.74) is 0.448. The molecule has 0 radical (unpaired) electrons. The summed E-state index contributed by atoms with van der Waals surface area (Å²) in [6.07, 6.45) is 5.22. The number of rotatable bonds is 4. The molecule has 0 saturated carbocycles. The first-order valence-electron chi connectivity index (χ1n) is 4.56. The van der Waals surface area contributed by atoms with Crippen molar-refractivity contribution in [3.63, 3.8) is 0 Å². The normalized spacial score (nSPS) is 13.3. The molecular weight excluding hydrogens is 330 g/mol. The van der Waals surface area contributed by atoms with Crippen molar-refractivity contribution in [3.05, 3.63) is 12.3 Å². The van der Waals surface area contributed by atoms with Crippen LogP contribution in [-0.2, 0) is 19.4 Å². The second-order valence-corrected chi connectivity index (χ2v) is 5.87.